The van der Waals surface area contributed by atoms with Gasteiger partial charge < -0.3 is 16.0 Å². The van der Waals surface area contributed by atoms with Crippen LogP contribution in [0.25, 0.3) is 0 Å². The lowest BCUT2D eigenvalue weighted by Gasteiger charge is -2.21. The molecule has 1 aromatic heterocycles. The van der Waals surface area contributed by atoms with Crippen molar-refractivity contribution in [1.29, 1.82) is 0 Å². The lowest BCUT2D eigenvalue weighted by Crippen LogP contribution is -2.34. The molecular formula is C23H27BrN4O3. The SMILES string of the molecule is C=CC(=O)NC1CCCCC1.CNC(=O)c1ccc(NC(=O)c2cccc(Br)n2)cc1. The largest absolute Gasteiger partial charge is 0.355 e. The zero-order valence-corrected chi connectivity index (χ0v) is 19.1. The first-order valence-electron chi connectivity index (χ1n) is 10.1. The first kappa shape index (κ1) is 24.3. The Morgan fingerprint density at radius 3 is 2.29 bits per heavy atom. The van der Waals surface area contributed by atoms with Crippen LogP contribution in [0.2, 0.25) is 0 Å². The third kappa shape index (κ3) is 8.33. The van der Waals surface area contributed by atoms with Gasteiger partial charge in [-0.25, -0.2) is 4.98 Å². The highest BCUT2D eigenvalue weighted by atomic mass is 79.9. The fourth-order valence-corrected chi connectivity index (χ4v) is 3.43. The van der Waals surface area contributed by atoms with E-state index in [2.05, 4.69) is 43.4 Å². The molecule has 1 aliphatic carbocycles. The van der Waals surface area contributed by atoms with Crippen LogP contribution < -0.4 is 16.0 Å². The zero-order chi connectivity index (χ0) is 22.6. The zero-order valence-electron chi connectivity index (χ0n) is 17.5. The molecule has 0 spiro atoms. The van der Waals surface area contributed by atoms with E-state index < -0.39 is 0 Å². The van der Waals surface area contributed by atoms with E-state index in [4.69, 9.17) is 0 Å². The molecule has 164 valence electrons. The van der Waals surface area contributed by atoms with Crippen LogP contribution in [0.5, 0.6) is 0 Å². The van der Waals surface area contributed by atoms with Crippen molar-refractivity contribution in [3.63, 3.8) is 0 Å². The van der Waals surface area contributed by atoms with Crippen molar-refractivity contribution >= 4 is 39.3 Å². The van der Waals surface area contributed by atoms with Gasteiger partial charge in [0.15, 0.2) is 0 Å². The van der Waals surface area contributed by atoms with Gasteiger partial charge in [0.1, 0.15) is 10.3 Å². The minimum absolute atomic E-state index is 0.0306. The van der Waals surface area contributed by atoms with Crippen LogP contribution in [0, 0.1) is 0 Å². The number of carbonyl (C=O) groups is 3. The third-order valence-corrected chi connectivity index (χ3v) is 5.16. The van der Waals surface area contributed by atoms with Crippen molar-refractivity contribution in [2.75, 3.05) is 12.4 Å². The summed E-state index contributed by atoms with van der Waals surface area (Å²) in [5, 5.41) is 8.16. The molecule has 3 N–H and O–H groups in total. The molecule has 0 radical (unpaired) electrons. The maximum Gasteiger partial charge on any atom is 0.274 e. The molecule has 0 atom stereocenters. The number of anilines is 1. The van der Waals surface area contributed by atoms with Crippen LogP contribution in [-0.4, -0.2) is 35.8 Å². The summed E-state index contributed by atoms with van der Waals surface area (Å²) in [7, 11) is 1.57. The average molecular weight is 487 g/mol. The number of pyridine rings is 1. The highest BCUT2D eigenvalue weighted by Gasteiger charge is 2.13. The summed E-state index contributed by atoms with van der Waals surface area (Å²) in [6.07, 6.45) is 7.44. The Labute approximate surface area is 190 Å². The third-order valence-electron chi connectivity index (χ3n) is 4.72. The molecule has 1 saturated carbocycles. The highest BCUT2D eigenvalue weighted by molar-refractivity contribution is 9.10. The number of benzene rings is 1. The number of nitrogens with zero attached hydrogens (tertiary/aromatic N) is 1. The molecule has 0 bridgehead atoms. The van der Waals surface area contributed by atoms with Gasteiger partial charge >= 0.3 is 0 Å². The van der Waals surface area contributed by atoms with Crippen LogP contribution in [0.1, 0.15) is 53.0 Å². The van der Waals surface area contributed by atoms with Gasteiger partial charge in [-0.3, -0.25) is 14.4 Å². The number of amides is 3. The summed E-state index contributed by atoms with van der Waals surface area (Å²) in [6.45, 7) is 3.41. The molecule has 31 heavy (non-hydrogen) atoms. The Balaban J connectivity index is 0.000000262. The molecular weight excluding hydrogens is 460 g/mol. The van der Waals surface area contributed by atoms with E-state index in [1.165, 1.54) is 25.3 Å². The Morgan fingerprint density at radius 2 is 1.71 bits per heavy atom. The summed E-state index contributed by atoms with van der Waals surface area (Å²) in [5.41, 5.74) is 1.45. The van der Waals surface area contributed by atoms with Crippen LogP contribution in [-0.2, 0) is 4.79 Å². The Morgan fingerprint density at radius 1 is 1.03 bits per heavy atom. The van der Waals surface area contributed by atoms with Crippen molar-refractivity contribution in [3.05, 3.63) is 71.0 Å². The second-order valence-corrected chi connectivity index (χ2v) is 7.82. The molecule has 8 heteroatoms. The van der Waals surface area contributed by atoms with Gasteiger partial charge in [0, 0.05) is 24.3 Å². The lowest BCUT2D eigenvalue weighted by atomic mass is 9.95. The van der Waals surface area contributed by atoms with E-state index in [9.17, 15) is 14.4 Å². The molecule has 3 amide bonds. The number of aromatic nitrogens is 1. The van der Waals surface area contributed by atoms with E-state index in [0.29, 0.717) is 27.6 Å². The molecule has 2 aromatic rings. The number of hydrogen-bond donors (Lipinski definition) is 3. The molecule has 7 nitrogen and oxygen atoms in total. The van der Waals surface area contributed by atoms with Crippen LogP contribution in [0.15, 0.2) is 59.7 Å². The minimum Gasteiger partial charge on any atom is -0.355 e. The maximum absolute atomic E-state index is 12.0. The molecule has 0 saturated heterocycles. The van der Waals surface area contributed by atoms with Gasteiger partial charge in [0.05, 0.1) is 0 Å². The van der Waals surface area contributed by atoms with Gasteiger partial charge in [-0.05, 0) is 71.2 Å². The molecule has 1 aliphatic rings. The quantitative estimate of drug-likeness (QED) is 0.437. The van der Waals surface area contributed by atoms with Gasteiger partial charge in [-0.1, -0.05) is 31.9 Å². The van der Waals surface area contributed by atoms with E-state index in [1.54, 1.807) is 49.5 Å². The summed E-state index contributed by atoms with van der Waals surface area (Å²) >= 11 is 3.21. The predicted octanol–water partition coefficient (Wildman–Crippen LogP) is 4.08. The second-order valence-electron chi connectivity index (χ2n) is 7.00. The van der Waals surface area contributed by atoms with Crippen molar-refractivity contribution in [2.45, 2.75) is 38.1 Å². The average Bonchev–Trinajstić information content (AvgIpc) is 2.80. The van der Waals surface area contributed by atoms with Gasteiger partial charge in [0.25, 0.3) is 11.8 Å². The van der Waals surface area contributed by atoms with Crippen LogP contribution >= 0.6 is 15.9 Å². The van der Waals surface area contributed by atoms with Crippen molar-refractivity contribution in [1.82, 2.24) is 15.6 Å². The number of carbonyl (C=O) groups excluding carboxylic acids is 3. The van der Waals surface area contributed by atoms with E-state index in [1.807, 2.05) is 0 Å². The predicted molar refractivity (Wildman–Crippen MR) is 125 cm³/mol. The smallest absolute Gasteiger partial charge is 0.274 e. The highest BCUT2D eigenvalue weighted by Crippen LogP contribution is 2.17. The molecule has 1 fully saturated rings. The Hall–Kier alpha value is -3.00. The summed E-state index contributed by atoms with van der Waals surface area (Å²) in [6, 6.07) is 12.1. The van der Waals surface area contributed by atoms with E-state index in [-0.39, 0.29) is 17.7 Å². The monoisotopic (exact) mass is 486 g/mol. The first-order chi connectivity index (χ1) is 14.9. The minimum atomic E-state index is -0.306. The fraction of sp³-hybridized carbons (Fsp3) is 0.304. The van der Waals surface area contributed by atoms with Crippen LogP contribution in [0.3, 0.4) is 0 Å². The second kappa shape index (κ2) is 12.6. The first-order valence-corrected chi connectivity index (χ1v) is 10.9. The standard InChI is InChI=1S/C14H12BrN3O2.C9H15NO/c1-16-13(19)9-5-7-10(8-6-9)17-14(20)11-3-2-4-12(15)18-11;1-2-9(11)10-8-6-4-3-5-7-8/h2-8H,1H3,(H,16,19)(H,17,20);2,8H,1,3-7H2,(H,10,11). The van der Waals surface area contributed by atoms with Crippen molar-refractivity contribution in [3.8, 4) is 0 Å². The number of rotatable bonds is 5. The fourth-order valence-electron chi connectivity index (χ4n) is 3.09. The lowest BCUT2D eigenvalue weighted by molar-refractivity contribution is -0.117. The molecule has 0 aliphatic heterocycles. The molecule has 1 heterocycles. The molecule has 1 aromatic carbocycles. The number of halogens is 1. The summed E-state index contributed by atoms with van der Waals surface area (Å²) < 4.78 is 0.597. The van der Waals surface area contributed by atoms with E-state index in [0.717, 1.165) is 12.8 Å². The Kier molecular flexibility index (Phi) is 9.90. The van der Waals surface area contributed by atoms with Gasteiger partial charge in [-0.15, -0.1) is 0 Å². The summed E-state index contributed by atoms with van der Waals surface area (Å²) in [5.74, 6) is -0.507. The Bertz CT molecular complexity index is 909. The van der Waals surface area contributed by atoms with Crippen molar-refractivity contribution in [2.24, 2.45) is 0 Å². The molecule has 3 rings (SSSR count). The maximum atomic E-state index is 12.0. The normalized spacial score (nSPS) is 13.2. The number of hydrogen-bond acceptors (Lipinski definition) is 4. The number of nitrogens with one attached hydrogen (secondary N) is 3. The van der Waals surface area contributed by atoms with Gasteiger partial charge in [-0.2, -0.15) is 0 Å². The van der Waals surface area contributed by atoms with Crippen molar-refractivity contribution < 1.29 is 14.4 Å². The molecule has 0 unspecified atom stereocenters. The van der Waals surface area contributed by atoms with Crippen LogP contribution in [0.4, 0.5) is 5.69 Å². The summed E-state index contributed by atoms with van der Waals surface area (Å²) in [4.78, 5) is 38.3. The van der Waals surface area contributed by atoms with Gasteiger partial charge in [0.2, 0.25) is 5.91 Å². The van der Waals surface area contributed by atoms with E-state index >= 15 is 0 Å². The topological polar surface area (TPSA) is 100 Å².